The van der Waals surface area contributed by atoms with Crippen molar-refractivity contribution in [2.24, 2.45) is 17.8 Å². The highest BCUT2D eigenvalue weighted by atomic mass is 35.5. The molecule has 0 radical (unpaired) electrons. The van der Waals surface area contributed by atoms with Crippen molar-refractivity contribution >= 4 is 35.2 Å². The van der Waals surface area contributed by atoms with Gasteiger partial charge in [-0.05, 0) is 42.0 Å². The lowest BCUT2D eigenvalue weighted by atomic mass is 9.85. The fraction of sp³-hybridized carbons (Fsp3) is 0.419. The Bertz CT molecular complexity index is 1200. The van der Waals surface area contributed by atoms with Crippen molar-refractivity contribution in [1.82, 2.24) is 15.1 Å². The molecular formula is C31H36ClN3O4. The Morgan fingerprint density at radius 1 is 0.974 bits per heavy atom. The summed E-state index contributed by atoms with van der Waals surface area (Å²) in [7, 11) is 0. The first-order valence-electron chi connectivity index (χ1n) is 13.6. The van der Waals surface area contributed by atoms with Crippen LogP contribution in [0.2, 0.25) is 5.02 Å². The minimum Gasteiger partial charge on any atom is -0.354 e. The van der Waals surface area contributed by atoms with Gasteiger partial charge in [0.25, 0.3) is 0 Å². The number of carbonyl (C=O) groups is 4. The van der Waals surface area contributed by atoms with Gasteiger partial charge in [-0.15, -0.1) is 0 Å². The third-order valence-corrected chi connectivity index (χ3v) is 7.58. The summed E-state index contributed by atoms with van der Waals surface area (Å²) in [6.07, 6.45) is 5.25. The monoisotopic (exact) mass is 549 g/mol. The molecule has 1 aliphatic heterocycles. The van der Waals surface area contributed by atoms with E-state index in [9.17, 15) is 19.2 Å². The molecule has 1 N–H and O–H groups in total. The molecule has 0 spiro atoms. The van der Waals surface area contributed by atoms with Crippen LogP contribution in [0, 0.1) is 17.8 Å². The van der Waals surface area contributed by atoms with Gasteiger partial charge in [0.2, 0.25) is 23.6 Å². The van der Waals surface area contributed by atoms with Crippen molar-refractivity contribution < 1.29 is 19.2 Å². The first kappa shape index (κ1) is 28.6. The highest BCUT2D eigenvalue weighted by Crippen LogP contribution is 2.35. The predicted octanol–water partition coefficient (Wildman–Crippen LogP) is 4.39. The average Bonchev–Trinajstić information content (AvgIpc) is 3.17. The van der Waals surface area contributed by atoms with E-state index in [0.717, 1.165) is 11.1 Å². The Morgan fingerprint density at radius 2 is 1.62 bits per heavy atom. The summed E-state index contributed by atoms with van der Waals surface area (Å²) in [5.74, 6) is -1.40. The number of halogens is 1. The van der Waals surface area contributed by atoms with Gasteiger partial charge in [0.15, 0.2) is 0 Å². The first-order valence-corrected chi connectivity index (χ1v) is 14.0. The van der Waals surface area contributed by atoms with Gasteiger partial charge in [-0.2, -0.15) is 0 Å². The molecule has 7 nitrogen and oxygen atoms in total. The number of fused-ring (bicyclic) bond motifs is 1. The van der Waals surface area contributed by atoms with Crippen LogP contribution in [0.4, 0.5) is 0 Å². The van der Waals surface area contributed by atoms with Gasteiger partial charge in [-0.25, -0.2) is 0 Å². The Hall–Kier alpha value is -3.45. The second kappa shape index (κ2) is 13.1. The Morgan fingerprint density at radius 3 is 2.23 bits per heavy atom. The molecular weight excluding hydrogens is 514 g/mol. The largest absolute Gasteiger partial charge is 0.354 e. The molecule has 1 heterocycles. The first-order chi connectivity index (χ1) is 18.7. The van der Waals surface area contributed by atoms with Crippen molar-refractivity contribution in [3.05, 3.63) is 82.9 Å². The number of carbonyl (C=O) groups excluding carboxylic acids is 4. The fourth-order valence-corrected chi connectivity index (χ4v) is 5.46. The zero-order valence-electron chi connectivity index (χ0n) is 22.5. The van der Waals surface area contributed by atoms with Crippen molar-refractivity contribution in [3.63, 3.8) is 0 Å². The normalized spacial score (nSPS) is 19.2. The molecule has 2 aliphatic rings. The number of rotatable bonds is 11. The molecule has 0 aromatic heterocycles. The zero-order chi connectivity index (χ0) is 27.9. The molecule has 4 rings (SSSR count). The van der Waals surface area contributed by atoms with E-state index in [1.54, 1.807) is 17.0 Å². The van der Waals surface area contributed by atoms with E-state index in [-0.39, 0.29) is 60.9 Å². The lowest BCUT2D eigenvalue weighted by Crippen LogP contribution is -2.51. The van der Waals surface area contributed by atoms with Crippen molar-refractivity contribution in [1.29, 1.82) is 0 Å². The summed E-state index contributed by atoms with van der Waals surface area (Å²) < 4.78 is 0. The van der Waals surface area contributed by atoms with Crippen LogP contribution in [0.15, 0.2) is 66.7 Å². The summed E-state index contributed by atoms with van der Waals surface area (Å²) in [6, 6.07) is 16.0. The van der Waals surface area contributed by atoms with Crippen LogP contribution in [0.1, 0.15) is 44.2 Å². The Labute approximate surface area is 235 Å². The Kier molecular flexibility index (Phi) is 9.57. The maximum atomic E-state index is 13.8. The summed E-state index contributed by atoms with van der Waals surface area (Å²) in [6.45, 7) is 4.68. The van der Waals surface area contributed by atoms with Crippen molar-refractivity contribution in [2.75, 3.05) is 13.1 Å². The van der Waals surface area contributed by atoms with Crippen molar-refractivity contribution in [2.45, 2.75) is 52.1 Å². The molecule has 1 fully saturated rings. The van der Waals surface area contributed by atoms with E-state index >= 15 is 0 Å². The number of imide groups is 1. The summed E-state index contributed by atoms with van der Waals surface area (Å²) in [5, 5.41) is 3.53. The number of hydrogen-bond donors (Lipinski definition) is 1. The number of nitrogens with one attached hydrogen (secondary N) is 1. The van der Waals surface area contributed by atoms with Crippen molar-refractivity contribution in [3.8, 4) is 0 Å². The Balaban J connectivity index is 1.58. The van der Waals surface area contributed by atoms with Crippen LogP contribution in [0.25, 0.3) is 0 Å². The summed E-state index contributed by atoms with van der Waals surface area (Å²) in [4.78, 5) is 56.1. The van der Waals surface area contributed by atoms with Crippen LogP contribution >= 0.6 is 11.6 Å². The second-order valence-corrected chi connectivity index (χ2v) is 11.2. The molecule has 1 aliphatic carbocycles. The van der Waals surface area contributed by atoms with Gasteiger partial charge < -0.3 is 10.2 Å². The topological polar surface area (TPSA) is 86.8 Å². The predicted molar refractivity (Wildman–Crippen MR) is 150 cm³/mol. The molecule has 0 bridgehead atoms. The van der Waals surface area contributed by atoms with Crippen LogP contribution in [-0.2, 0) is 32.1 Å². The van der Waals surface area contributed by atoms with Crippen LogP contribution in [-0.4, -0.2) is 52.6 Å². The van der Waals surface area contributed by atoms with Gasteiger partial charge in [-0.3, -0.25) is 24.1 Å². The van der Waals surface area contributed by atoms with Gasteiger partial charge in [0.05, 0.1) is 11.8 Å². The summed E-state index contributed by atoms with van der Waals surface area (Å²) in [5.41, 5.74) is 1.71. The molecule has 2 aromatic rings. The minimum atomic E-state index is -0.783. The second-order valence-electron chi connectivity index (χ2n) is 10.7. The number of likely N-dealkylation sites (tertiary alicyclic amines) is 1. The van der Waals surface area contributed by atoms with Gasteiger partial charge in [-0.1, -0.05) is 80.1 Å². The SMILES string of the molecule is CC(C)CNC(=O)[C@@H](Cc1ccccc1)N(Cc1cccc(Cl)c1)C(=O)CCN1C(=O)[C@H]2CC=CC[C@H]2C1=O. The highest BCUT2D eigenvalue weighted by molar-refractivity contribution is 6.30. The van der Waals surface area contributed by atoms with E-state index in [1.165, 1.54) is 4.90 Å². The lowest BCUT2D eigenvalue weighted by molar-refractivity contribution is -0.144. The molecule has 206 valence electrons. The van der Waals surface area contributed by atoms with Gasteiger partial charge in [0.1, 0.15) is 6.04 Å². The third kappa shape index (κ3) is 7.15. The van der Waals surface area contributed by atoms with E-state index in [1.807, 2.05) is 68.5 Å². The number of benzene rings is 2. The average molecular weight is 550 g/mol. The number of allylic oxidation sites excluding steroid dienone is 2. The molecule has 1 saturated heterocycles. The molecule has 8 heteroatoms. The lowest BCUT2D eigenvalue weighted by Gasteiger charge is -2.32. The minimum absolute atomic E-state index is 0.00121. The smallest absolute Gasteiger partial charge is 0.243 e. The molecule has 39 heavy (non-hydrogen) atoms. The molecule has 2 aromatic carbocycles. The van der Waals surface area contributed by atoms with Crippen LogP contribution in [0.5, 0.6) is 0 Å². The standard InChI is InChI=1S/C31H36ClN3O4/c1-21(2)19-33-29(37)27(18-22-9-4-3-5-10-22)35(20-23-11-8-12-24(32)17-23)28(36)15-16-34-30(38)25-13-6-7-14-26(25)31(34)39/h3-12,17,21,25-27H,13-16,18-20H2,1-2H3,(H,33,37)/t25-,26+,27-/m1/s1. The van der Waals surface area contributed by atoms with Crippen LogP contribution < -0.4 is 5.32 Å². The van der Waals surface area contributed by atoms with Crippen LogP contribution in [0.3, 0.4) is 0 Å². The molecule has 4 amide bonds. The number of nitrogens with zero attached hydrogens (tertiary/aromatic N) is 2. The fourth-order valence-electron chi connectivity index (χ4n) is 5.25. The van der Waals surface area contributed by atoms with E-state index in [2.05, 4.69) is 5.32 Å². The number of amides is 4. The van der Waals surface area contributed by atoms with Gasteiger partial charge in [0, 0.05) is 37.5 Å². The maximum absolute atomic E-state index is 13.8. The quantitative estimate of drug-likeness (QED) is 0.332. The molecule has 0 unspecified atom stereocenters. The van der Waals surface area contributed by atoms with E-state index in [4.69, 9.17) is 11.6 Å². The molecule has 0 saturated carbocycles. The highest BCUT2D eigenvalue weighted by Gasteiger charge is 2.47. The third-order valence-electron chi connectivity index (χ3n) is 7.35. The maximum Gasteiger partial charge on any atom is 0.243 e. The van der Waals surface area contributed by atoms with Gasteiger partial charge >= 0.3 is 0 Å². The zero-order valence-corrected chi connectivity index (χ0v) is 23.3. The van der Waals surface area contributed by atoms with E-state index < -0.39 is 6.04 Å². The van der Waals surface area contributed by atoms with E-state index in [0.29, 0.717) is 30.8 Å². The summed E-state index contributed by atoms with van der Waals surface area (Å²) >= 11 is 6.23. The molecule has 3 atom stereocenters. The number of hydrogen-bond acceptors (Lipinski definition) is 4.